The Morgan fingerprint density at radius 2 is 2.00 bits per heavy atom. The molecule has 4 heteroatoms. The highest BCUT2D eigenvalue weighted by molar-refractivity contribution is 5.96. The van der Waals surface area contributed by atoms with Gasteiger partial charge in [0.05, 0.1) is 5.52 Å². The molecule has 0 radical (unpaired) electrons. The van der Waals surface area contributed by atoms with Crippen LogP contribution in [0, 0.1) is 13.8 Å². The van der Waals surface area contributed by atoms with Gasteiger partial charge in [0.15, 0.2) is 0 Å². The van der Waals surface area contributed by atoms with Crippen LogP contribution in [0.1, 0.15) is 28.5 Å². The summed E-state index contributed by atoms with van der Waals surface area (Å²) in [5, 5.41) is 11.3. The summed E-state index contributed by atoms with van der Waals surface area (Å²) in [4.78, 5) is 12.0. The number of amides is 1. The third kappa shape index (κ3) is 2.48. The Hall–Kier alpha value is -2.62. The molecule has 0 aliphatic heterocycles. The standard InChI is InChI=1S/C18H19N3O/c1-4-19-18(22)14-6-5-11(2)16(9-14)13-7-8-15-12(3)20-21-17(15)10-13/h5-10H,4H2,1-3H3,(H,19,22)(H,20,21). The fourth-order valence-electron chi connectivity index (χ4n) is 2.65. The lowest BCUT2D eigenvalue weighted by Gasteiger charge is -2.09. The lowest BCUT2D eigenvalue weighted by atomic mass is 9.97. The van der Waals surface area contributed by atoms with Crippen molar-refractivity contribution in [3.05, 3.63) is 53.2 Å². The van der Waals surface area contributed by atoms with Crippen molar-refractivity contribution in [2.24, 2.45) is 0 Å². The van der Waals surface area contributed by atoms with E-state index in [1.807, 2.05) is 32.0 Å². The molecule has 4 nitrogen and oxygen atoms in total. The number of carbonyl (C=O) groups excluding carboxylic acids is 1. The van der Waals surface area contributed by atoms with Crippen molar-refractivity contribution in [2.45, 2.75) is 20.8 Å². The molecule has 0 bridgehead atoms. The number of aromatic amines is 1. The summed E-state index contributed by atoms with van der Waals surface area (Å²) >= 11 is 0. The van der Waals surface area contributed by atoms with Crippen molar-refractivity contribution in [3.63, 3.8) is 0 Å². The van der Waals surface area contributed by atoms with Crippen molar-refractivity contribution in [1.82, 2.24) is 15.5 Å². The molecule has 0 unspecified atom stereocenters. The summed E-state index contributed by atoms with van der Waals surface area (Å²) < 4.78 is 0. The minimum absolute atomic E-state index is 0.0413. The molecule has 0 atom stereocenters. The number of carbonyl (C=O) groups is 1. The molecule has 3 aromatic rings. The van der Waals surface area contributed by atoms with Crippen molar-refractivity contribution in [3.8, 4) is 11.1 Å². The monoisotopic (exact) mass is 293 g/mol. The van der Waals surface area contributed by atoms with Crippen LogP contribution in [-0.4, -0.2) is 22.6 Å². The molecule has 22 heavy (non-hydrogen) atoms. The lowest BCUT2D eigenvalue weighted by Crippen LogP contribution is -2.22. The number of nitrogens with zero attached hydrogens (tertiary/aromatic N) is 1. The molecule has 0 fully saturated rings. The first-order valence-corrected chi connectivity index (χ1v) is 7.44. The van der Waals surface area contributed by atoms with Gasteiger partial charge in [-0.3, -0.25) is 9.89 Å². The molecule has 0 saturated carbocycles. The van der Waals surface area contributed by atoms with Crippen molar-refractivity contribution >= 4 is 16.8 Å². The number of hydrogen-bond donors (Lipinski definition) is 2. The van der Waals surface area contributed by atoms with Gasteiger partial charge in [-0.25, -0.2) is 0 Å². The van der Waals surface area contributed by atoms with Crippen molar-refractivity contribution < 1.29 is 4.79 Å². The number of hydrogen-bond acceptors (Lipinski definition) is 2. The minimum atomic E-state index is -0.0413. The predicted octanol–water partition coefficient (Wildman–Crippen LogP) is 3.60. The predicted molar refractivity (Wildman–Crippen MR) is 89.0 cm³/mol. The zero-order valence-electron chi connectivity index (χ0n) is 13.0. The summed E-state index contributed by atoms with van der Waals surface area (Å²) in [5.74, 6) is -0.0413. The summed E-state index contributed by atoms with van der Waals surface area (Å²) in [6, 6.07) is 12.0. The van der Waals surface area contributed by atoms with Gasteiger partial charge in [-0.2, -0.15) is 5.10 Å². The van der Waals surface area contributed by atoms with E-state index in [4.69, 9.17) is 0 Å². The largest absolute Gasteiger partial charge is 0.352 e. The summed E-state index contributed by atoms with van der Waals surface area (Å²) in [5.41, 5.74) is 5.96. The van der Waals surface area contributed by atoms with E-state index in [1.165, 1.54) is 0 Å². The zero-order chi connectivity index (χ0) is 15.7. The quantitative estimate of drug-likeness (QED) is 0.775. The molecule has 0 aliphatic rings. The third-order valence-corrected chi connectivity index (χ3v) is 3.89. The fraction of sp³-hybridized carbons (Fsp3) is 0.222. The molecule has 0 spiro atoms. The van der Waals surface area contributed by atoms with Gasteiger partial charge < -0.3 is 5.32 Å². The van der Waals surface area contributed by atoms with Crippen LogP contribution in [0.3, 0.4) is 0 Å². The van der Waals surface area contributed by atoms with E-state index in [9.17, 15) is 4.79 Å². The van der Waals surface area contributed by atoms with E-state index in [2.05, 4.69) is 40.6 Å². The molecule has 2 N–H and O–H groups in total. The summed E-state index contributed by atoms with van der Waals surface area (Å²) in [6.45, 7) is 6.61. The van der Waals surface area contributed by atoms with E-state index in [1.54, 1.807) is 0 Å². The fourth-order valence-corrected chi connectivity index (χ4v) is 2.65. The Morgan fingerprint density at radius 3 is 2.77 bits per heavy atom. The number of rotatable bonds is 3. The zero-order valence-corrected chi connectivity index (χ0v) is 13.0. The molecule has 0 aliphatic carbocycles. The van der Waals surface area contributed by atoms with Gasteiger partial charge in [-0.15, -0.1) is 0 Å². The van der Waals surface area contributed by atoms with Gasteiger partial charge in [0, 0.05) is 23.2 Å². The van der Waals surface area contributed by atoms with Crippen LogP contribution in [0.25, 0.3) is 22.0 Å². The van der Waals surface area contributed by atoms with Crippen LogP contribution < -0.4 is 5.32 Å². The molecule has 1 aromatic heterocycles. The minimum Gasteiger partial charge on any atom is -0.352 e. The van der Waals surface area contributed by atoms with Crippen LogP contribution in [-0.2, 0) is 0 Å². The maximum absolute atomic E-state index is 12.0. The second-order valence-electron chi connectivity index (χ2n) is 5.47. The Labute approximate surface area is 129 Å². The topological polar surface area (TPSA) is 57.8 Å². The molecule has 2 aromatic carbocycles. The van der Waals surface area contributed by atoms with Crippen LogP contribution in [0.5, 0.6) is 0 Å². The number of H-pyrrole nitrogens is 1. The highest BCUT2D eigenvalue weighted by atomic mass is 16.1. The maximum atomic E-state index is 12.0. The van der Waals surface area contributed by atoms with Gasteiger partial charge >= 0.3 is 0 Å². The highest BCUT2D eigenvalue weighted by Crippen LogP contribution is 2.28. The van der Waals surface area contributed by atoms with Crippen molar-refractivity contribution in [2.75, 3.05) is 6.54 Å². The first kappa shape index (κ1) is 14.3. The van der Waals surface area contributed by atoms with Gasteiger partial charge in [0.25, 0.3) is 5.91 Å². The van der Waals surface area contributed by atoms with Crippen molar-refractivity contribution in [1.29, 1.82) is 0 Å². The molecule has 3 rings (SSSR count). The normalized spacial score (nSPS) is 10.9. The number of benzene rings is 2. The Bertz CT molecular complexity index is 849. The van der Waals surface area contributed by atoms with E-state index < -0.39 is 0 Å². The van der Waals surface area contributed by atoms with Crippen LogP contribution >= 0.6 is 0 Å². The molecule has 112 valence electrons. The van der Waals surface area contributed by atoms with E-state index in [-0.39, 0.29) is 5.91 Å². The Balaban J connectivity index is 2.08. The van der Waals surface area contributed by atoms with Crippen LogP contribution in [0.2, 0.25) is 0 Å². The Kier molecular flexibility index (Phi) is 3.67. The highest BCUT2D eigenvalue weighted by Gasteiger charge is 2.10. The van der Waals surface area contributed by atoms with Gasteiger partial charge in [0.2, 0.25) is 0 Å². The second-order valence-corrected chi connectivity index (χ2v) is 5.47. The first-order valence-electron chi connectivity index (χ1n) is 7.44. The number of aryl methyl sites for hydroxylation is 2. The second kappa shape index (κ2) is 5.64. The maximum Gasteiger partial charge on any atom is 0.251 e. The van der Waals surface area contributed by atoms with E-state index >= 15 is 0 Å². The number of aromatic nitrogens is 2. The first-order chi connectivity index (χ1) is 10.6. The number of fused-ring (bicyclic) bond motifs is 1. The van der Waals surface area contributed by atoms with Gasteiger partial charge in [-0.05, 0) is 55.7 Å². The average molecular weight is 293 g/mol. The lowest BCUT2D eigenvalue weighted by molar-refractivity contribution is 0.0956. The Morgan fingerprint density at radius 1 is 1.18 bits per heavy atom. The van der Waals surface area contributed by atoms with Gasteiger partial charge in [0.1, 0.15) is 0 Å². The molecule has 1 heterocycles. The third-order valence-electron chi connectivity index (χ3n) is 3.89. The SMILES string of the molecule is CCNC(=O)c1ccc(C)c(-c2ccc3c(C)[nH]nc3c2)c1. The van der Waals surface area contributed by atoms with E-state index in [0.29, 0.717) is 12.1 Å². The molecular weight excluding hydrogens is 274 g/mol. The van der Waals surface area contributed by atoms with E-state index in [0.717, 1.165) is 33.3 Å². The molecule has 1 amide bonds. The van der Waals surface area contributed by atoms with Crippen LogP contribution in [0.15, 0.2) is 36.4 Å². The van der Waals surface area contributed by atoms with Crippen LogP contribution in [0.4, 0.5) is 0 Å². The molecular formula is C18H19N3O. The number of nitrogens with one attached hydrogen (secondary N) is 2. The summed E-state index contributed by atoms with van der Waals surface area (Å²) in [6.07, 6.45) is 0. The average Bonchev–Trinajstić information content (AvgIpc) is 2.89. The molecule has 0 saturated heterocycles. The smallest absolute Gasteiger partial charge is 0.251 e. The summed E-state index contributed by atoms with van der Waals surface area (Å²) in [7, 11) is 0. The van der Waals surface area contributed by atoms with Gasteiger partial charge in [-0.1, -0.05) is 18.2 Å².